The molecule has 0 amide bonds. The van der Waals surface area contributed by atoms with E-state index in [2.05, 4.69) is 18.7 Å². The van der Waals surface area contributed by atoms with E-state index in [4.69, 9.17) is 5.73 Å². The van der Waals surface area contributed by atoms with Crippen LogP contribution in [0.4, 0.5) is 0 Å². The minimum atomic E-state index is 0.796. The van der Waals surface area contributed by atoms with Crippen molar-refractivity contribution in [1.82, 2.24) is 4.90 Å². The Labute approximate surface area is 87.8 Å². The average Bonchev–Trinajstić information content (AvgIpc) is 2.48. The second kappa shape index (κ2) is 4.19. The summed E-state index contributed by atoms with van der Waals surface area (Å²) in [6.45, 7) is 5.61. The summed E-state index contributed by atoms with van der Waals surface area (Å²) in [7, 11) is 0. The zero-order valence-corrected chi connectivity index (χ0v) is 9.58. The molecule has 0 bridgehead atoms. The van der Waals surface area contributed by atoms with Crippen LogP contribution in [0.15, 0.2) is 0 Å². The summed E-state index contributed by atoms with van der Waals surface area (Å²) in [5.41, 5.74) is 5.80. The predicted molar refractivity (Wildman–Crippen MR) is 60.2 cm³/mol. The van der Waals surface area contributed by atoms with Gasteiger partial charge in [-0.25, -0.2) is 0 Å². The van der Waals surface area contributed by atoms with Crippen LogP contribution in [0.2, 0.25) is 0 Å². The van der Waals surface area contributed by atoms with Crippen LogP contribution in [-0.4, -0.2) is 29.6 Å². The molecule has 0 radical (unpaired) electrons. The predicted octanol–water partition coefficient (Wildman–Crippen LogP) is 1.99. The molecule has 82 valence electrons. The van der Waals surface area contributed by atoms with Gasteiger partial charge in [-0.2, -0.15) is 0 Å². The molecule has 2 fully saturated rings. The zero-order valence-electron chi connectivity index (χ0n) is 9.58. The molecule has 1 saturated heterocycles. The lowest BCUT2D eigenvalue weighted by molar-refractivity contribution is 0.0296. The van der Waals surface area contributed by atoms with Gasteiger partial charge in [-0.1, -0.05) is 6.92 Å². The first-order valence-electron chi connectivity index (χ1n) is 6.25. The summed E-state index contributed by atoms with van der Waals surface area (Å²) in [6, 6.07) is 2.48. The van der Waals surface area contributed by atoms with Crippen molar-refractivity contribution in [2.24, 2.45) is 11.7 Å². The van der Waals surface area contributed by atoms with E-state index in [1.165, 1.54) is 32.1 Å². The van der Waals surface area contributed by atoms with Crippen LogP contribution in [-0.2, 0) is 0 Å². The van der Waals surface area contributed by atoms with Crippen molar-refractivity contribution in [3.05, 3.63) is 0 Å². The van der Waals surface area contributed by atoms with E-state index in [1.54, 1.807) is 0 Å². The SMILES string of the molecule is CCC1CCC(C)N1C1CCC1CN. The van der Waals surface area contributed by atoms with Gasteiger partial charge in [-0.3, -0.25) is 4.90 Å². The second-order valence-corrected chi connectivity index (χ2v) is 5.08. The highest BCUT2D eigenvalue weighted by molar-refractivity contribution is 4.97. The van der Waals surface area contributed by atoms with E-state index in [1.807, 2.05) is 0 Å². The Morgan fingerprint density at radius 2 is 2.00 bits per heavy atom. The van der Waals surface area contributed by atoms with Crippen LogP contribution in [0.25, 0.3) is 0 Å². The highest BCUT2D eigenvalue weighted by Crippen LogP contribution is 2.39. The lowest BCUT2D eigenvalue weighted by atomic mass is 9.78. The highest BCUT2D eigenvalue weighted by Gasteiger charge is 2.41. The van der Waals surface area contributed by atoms with Gasteiger partial charge in [0, 0.05) is 18.1 Å². The monoisotopic (exact) mass is 196 g/mol. The number of likely N-dealkylation sites (tertiary alicyclic amines) is 1. The van der Waals surface area contributed by atoms with Gasteiger partial charge in [0.15, 0.2) is 0 Å². The van der Waals surface area contributed by atoms with E-state index in [0.717, 1.165) is 30.6 Å². The maximum Gasteiger partial charge on any atom is 0.0141 e. The number of hydrogen-bond acceptors (Lipinski definition) is 2. The van der Waals surface area contributed by atoms with Crippen LogP contribution >= 0.6 is 0 Å². The number of rotatable bonds is 3. The largest absolute Gasteiger partial charge is 0.330 e. The minimum Gasteiger partial charge on any atom is -0.330 e. The maximum absolute atomic E-state index is 5.80. The molecule has 1 heterocycles. The molecule has 2 rings (SSSR count). The highest BCUT2D eigenvalue weighted by atomic mass is 15.2. The normalized spacial score (nSPS) is 43.9. The second-order valence-electron chi connectivity index (χ2n) is 5.08. The molecular weight excluding hydrogens is 172 g/mol. The summed E-state index contributed by atoms with van der Waals surface area (Å²) in [4.78, 5) is 2.78. The number of nitrogens with two attached hydrogens (primary N) is 1. The molecule has 2 aliphatic rings. The molecule has 2 nitrogen and oxygen atoms in total. The van der Waals surface area contributed by atoms with Crippen LogP contribution in [0.3, 0.4) is 0 Å². The van der Waals surface area contributed by atoms with Gasteiger partial charge in [0.05, 0.1) is 0 Å². The Kier molecular flexibility index (Phi) is 3.13. The molecule has 4 unspecified atom stereocenters. The van der Waals surface area contributed by atoms with Crippen LogP contribution in [0.5, 0.6) is 0 Å². The summed E-state index contributed by atoms with van der Waals surface area (Å²) < 4.78 is 0. The summed E-state index contributed by atoms with van der Waals surface area (Å²) >= 11 is 0. The number of hydrogen-bond donors (Lipinski definition) is 1. The third-order valence-corrected chi connectivity index (χ3v) is 4.38. The van der Waals surface area contributed by atoms with Gasteiger partial charge in [0.25, 0.3) is 0 Å². The zero-order chi connectivity index (χ0) is 10.1. The first-order chi connectivity index (χ1) is 6.77. The minimum absolute atomic E-state index is 0.796. The van der Waals surface area contributed by atoms with E-state index in [-0.39, 0.29) is 0 Å². The maximum atomic E-state index is 5.80. The molecule has 4 atom stereocenters. The van der Waals surface area contributed by atoms with Gasteiger partial charge in [-0.15, -0.1) is 0 Å². The first kappa shape index (κ1) is 10.4. The van der Waals surface area contributed by atoms with Crippen LogP contribution in [0.1, 0.15) is 46.0 Å². The van der Waals surface area contributed by atoms with Crippen molar-refractivity contribution < 1.29 is 0 Å². The van der Waals surface area contributed by atoms with Crippen molar-refractivity contribution in [1.29, 1.82) is 0 Å². The van der Waals surface area contributed by atoms with E-state index >= 15 is 0 Å². The standard InChI is InChI=1S/C12H24N2/c1-3-11-6-4-9(2)14(11)12-7-5-10(12)8-13/h9-12H,3-8,13H2,1-2H3. The lowest BCUT2D eigenvalue weighted by Crippen LogP contribution is -2.53. The Hall–Kier alpha value is -0.0800. The third-order valence-electron chi connectivity index (χ3n) is 4.38. The molecule has 0 aromatic rings. The average molecular weight is 196 g/mol. The summed E-state index contributed by atoms with van der Waals surface area (Å²) in [5.74, 6) is 0.796. The Morgan fingerprint density at radius 3 is 2.50 bits per heavy atom. The Bertz CT molecular complexity index is 191. The molecule has 0 spiro atoms. The molecule has 0 aromatic heterocycles. The smallest absolute Gasteiger partial charge is 0.0141 e. The Balaban J connectivity index is 2.00. The quantitative estimate of drug-likeness (QED) is 0.748. The molecular formula is C12H24N2. The van der Waals surface area contributed by atoms with Crippen LogP contribution in [0, 0.1) is 5.92 Å². The van der Waals surface area contributed by atoms with Gasteiger partial charge in [-0.05, 0) is 51.5 Å². The van der Waals surface area contributed by atoms with Crippen molar-refractivity contribution in [2.45, 2.75) is 64.1 Å². The summed E-state index contributed by atoms with van der Waals surface area (Å²) in [5, 5.41) is 0. The number of nitrogens with zero attached hydrogens (tertiary/aromatic N) is 1. The van der Waals surface area contributed by atoms with Crippen molar-refractivity contribution >= 4 is 0 Å². The van der Waals surface area contributed by atoms with Gasteiger partial charge < -0.3 is 5.73 Å². The molecule has 2 N–H and O–H groups in total. The summed E-state index contributed by atoms with van der Waals surface area (Å²) in [6.07, 6.45) is 6.87. The van der Waals surface area contributed by atoms with E-state index in [0.29, 0.717) is 0 Å². The molecule has 2 heteroatoms. The lowest BCUT2D eigenvalue weighted by Gasteiger charge is -2.47. The van der Waals surface area contributed by atoms with Gasteiger partial charge in [0.2, 0.25) is 0 Å². The molecule has 0 aromatic carbocycles. The van der Waals surface area contributed by atoms with Gasteiger partial charge >= 0.3 is 0 Å². The Morgan fingerprint density at radius 1 is 1.21 bits per heavy atom. The molecule has 14 heavy (non-hydrogen) atoms. The molecule has 1 saturated carbocycles. The third kappa shape index (κ3) is 1.59. The van der Waals surface area contributed by atoms with Crippen molar-refractivity contribution in [3.63, 3.8) is 0 Å². The molecule has 1 aliphatic heterocycles. The van der Waals surface area contributed by atoms with Crippen LogP contribution < -0.4 is 5.73 Å². The van der Waals surface area contributed by atoms with E-state index in [9.17, 15) is 0 Å². The van der Waals surface area contributed by atoms with Crippen molar-refractivity contribution in [2.75, 3.05) is 6.54 Å². The van der Waals surface area contributed by atoms with Gasteiger partial charge in [0.1, 0.15) is 0 Å². The first-order valence-corrected chi connectivity index (χ1v) is 6.25. The van der Waals surface area contributed by atoms with Crippen molar-refractivity contribution in [3.8, 4) is 0 Å². The van der Waals surface area contributed by atoms with E-state index < -0.39 is 0 Å². The fourth-order valence-electron chi connectivity index (χ4n) is 3.32. The fourth-order valence-corrected chi connectivity index (χ4v) is 3.32. The molecule has 1 aliphatic carbocycles. The topological polar surface area (TPSA) is 29.3 Å². The fraction of sp³-hybridized carbons (Fsp3) is 1.00.